The molecule has 5 heteroatoms. The Morgan fingerprint density at radius 2 is 2.00 bits per heavy atom. The van der Waals surface area contributed by atoms with Crippen LogP contribution in [0.3, 0.4) is 0 Å². The van der Waals surface area contributed by atoms with Crippen molar-refractivity contribution in [1.82, 2.24) is 0 Å². The normalized spacial score (nSPS) is 10.2. The Morgan fingerprint density at radius 3 is 2.76 bits per heavy atom. The fraction of sp³-hybridized carbons (Fsp3) is 0.188. The van der Waals surface area contributed by atoms with Crippen molar-refractivity contribution < 1.29 is 9.53 Å². The molecule has 4 nitrogen and oxygen atoms in total. The summed E-state index contributed by atoms with van der Waals surface area (Å²) in [5.41, 5.74) is 7.06. The summed E-state index contributed by atoms with van der Waals surface area (Å²) < 4.78 is 6.39. The topological polar surface area (TPSA) is 64.3 Å². The summed E-state index contributed by atoms with van der Waals surface area (Å²) in [4.78, 5) is 12.0. The molecule has 0 unspecified atom stereocenters. The minimum Gasteiger partial charge on any atom is -0.492 e. The van der Waals surface area contributed by atoms with Crippen molar-refractivity contribution in [3.05, 3.63) is 58.6 Å². The van der Waals surface area contributed by atoms with Gasteiger partial charge in [0.25, 0.3) is 0 Å². The van der Waals surface area contributed by atoms with Crippen LogP contribution in [-0.4, -0.2) is 19.1 Å². The summed E-state index contributed by atoms with van der Waals surface area (Å²) in [6, 6.07) is 15.0. The van der Waals surface area contributed by atoms with Crippen LogP contribution in [0.2, 0.25) is 0 Å². The van der Waals surface area contributed by atoms with Crippen LogP contribution in [0.25, 0.3) is 0 Å². The number of benzene rings is 2. The monoisotopic (exact) mass is 348 g/mol. The average molecular weight is 349 g/mol. The summed E-state index contributed by atoms with van der Waals surface area (Å²) in [6.07, 6.45) is 0.327. The Labute approximate surface area is 132 Å². The summed E-state index contributed by atoms with van der Waals surface area (Å²) in [7, 11) is 0. The lowest BCUT2D eigenvalue weighted by Crippen LogP contribution is -2.14. The van der Waals surface area contributed by atoms with Crippen molar-refractivity contribution in [1.29, 1.82) is 0 Å². The third kappa shape index (κ3) is 5.21. The van der Waals surface area contributed by atoms with Crippen LogP contribution in [0.15, 0.2) is 53.0 Å². The minimum atomic E-state index is -0.0657. The maximum atomic E-state index is 12.0. The molecule has 3 N–H and O–H groups in total. The quantitative estimate of drug-likeness (QED) is 0.843. The van der Waals surface area contributed by atoms with Crippen LogP contribution in [0, 0.1) is 0 Å². The summed E-state index contributed by atoms with van der Waals surface area (Å²) >= 11 is 3.39. The van der Waals surface area contributed by atoms with Crippen molar-refractivity contribution in [3.63, 3.8) is 0 Å². The first-order chi connectivity index (χ1) is 10.2. The number of rotatable bonds is 6. The van der Waals surface area contributed by atoms with Crippen molar-refractivity contribution in [2.75, 3.05) is 18.5 Å². The van der Waals surface area contributed by atoms with Crippen LogP contribution in [0.4, 0.5) is 5.69 Å². The van der Waals surface area contributed by atoms with E-state index in [0.29, 0.717) is 31.0 Å². The van der Waals surface area contributed by atoms with Crippen LogP contribution in [-0.2, 0) is 11.2 Å². The highest BCUT2D eigenvalue weighted by atomic mass is 79.9. The predicted molar refractivity (Wildman–Crippen MR) is 87.5 cm³/mol. The van der Waals surface area contributed by atoms with E-state index in [9.17, 15) is 4.79 Å². The molecule has 0 aliphatic rings. The van der Waals surface area contributed by atoms with E-state index >= 15 is 0 Å². The van der Waals surface area contributed by atoms with Gasteiger partial charge in [-0.1, -0.05) is 34.1 Å². The molecular formula is C16H17BrN2O2. The lowest BCUT2D eigenvalue weighted by atomic mass is 10.1. The standard InChI is InChI=1S/C16H17BrN2O2/c17-13-4-1-3-12(9-13)10-16(20)19-14-5-2-6-15(11-14)21-8-7-18/h1-6,9,11H,7-8,10,18H2,(H,19,20). The van der Waals surface area contributed by atoms with Crippen molar-refractivity contribution >= 4 is 27.5 Å². The van der Waals surface area contributed by atoms with Crippen LogP contribution < -0.4 is 15.8 Å². The van der Waals surface area contributed by atoms with Gasteiger partial charge in [-0.2, -0.15) is 0 Å². The molecule has 0 heterocycles. The molecule has 1 amide bonds. The van der Waals surface area contributed by atoms with Gasteiger partial charge < -0.3 is 15.8 Å². The van der Waals surface area contributed by atoms with Gasteiger partial charge in [0.1, 0.15) is 12.4 Å². The maximum absolute atomic E-state index is 12.0. The number of anilines is 1. The van der Waals surface area contributed by atoms with E-state index in [1.54, 1.807) is 6.07 Å². The summed E-state index contributed by atoms with van der Waals surface area (Å²) in [5, 5.41) is 2.86. The second kappa shape index (κ2) is 7.81. The van der Waals surface area contributed by atoms with Crippen molar-refractivity contribution in [3.8, 4) is 5.75 Å². The van der Waals surface area contributed by atoms with Gasteiger partial charge in [0, 0.05) is 22.8 Å². The zero-order valence-electron chi connectivity index (χ0n) is 11.5. The third-order valence-electron chi connectivity index (χ3n) is 2.76. The number of hydrogen-bond donors (Lipinski definition) is 2. The van der Waals surface area contributed by atoms with Gasteiger partial charge in [-0.05, 0) is 29.8 Å². The first-order valence-electron chi connectivity index (χ1n) is 6.64. The molecule has 21 heavy (non-hydrogen) atoms. The molecule has 0 aliphatic heterocycles. The van der Waals surface area contributed by atoms with E-state index in [4.69, 9.17) is 10.5 Å². The molecule has 0 bridgehead atoms. The molecule has 0 saturated heterocycles. The molecule has 2 rings (SSSR count). The van der Waals surface area contributed by atoms with E-state index in [2.05, 4.69) is 21.2 Å². The zero-order valence-corrected chi connectivity index (χ0v) is 13.1. The van der Waals surface area contributed by atoms with E-state index in [1.165, 1.54) is 0 Å². The predicted octanol–water partition coefficient (Wildman–Crippen LogP) is 2.97. The Bertz CT molecular complexity index is 617. The van der Waals surface area contributed by atoms with Gasteiger partial charge in [-0.15, -0.1) is 0 Å². The number of amides is 1. The van der Waals surface area contributed by atoms with Gasteiger partial charge in [0.2, 0.25) is 5.91 Å². The van der Waals surface area contributed by atoms with E-state index in [1.807, 2.05) is 42.5 Å². The Kier molecular flexibility index (Phi) is 5.78. The Morgan fingerprint density at radius 1 is 1.19 bits per heavy atom. The molecule has 0 aromatic heterocycles. The van der Waals surface area contributed by atoms with Crippen molar-refractivity contribution in [2.24, 2.45) is 5.73 Å². The number of carbonyl (C=O) groups is 1. The average Bonchev–Trinajstić information content (AvgIpc) is 2.45. The van der Waals surface area contributed by atoms with E-state index in [-0.39, 0.29) is 5.91 Å². The summed E-state index contributed by atoms with van der Waals surface area (Å²) in [6.45, 7) is 0.912. The van der Waals surface area contributed by atoms with Crippen LogP contribution in [0.1, 0.15) is 5.56 Å². The van der Waals surface area contributed by atoms with E-state index in [0.717, 1.165) is 10.0 Å². The summed E-state index contributed by atoms with van der Waals surface area (Å²) in [5.74, 6) is 0.629. The number of halogens is 1. The number of nitrogens with one attached hydrogen (secondary N) is 1. The minimum absolute atomic E-state index is 0.0657. The van der Waals surface area contributed by atoms with Crippen molar-refractivity contribution in [2.45, 2.75) is 6.42 Å². The highest BCUT2D eigenvalue weighted by molar-refractivity contribution is 9.10. The fourth-order valence-corrected chi connectivity index (χ4v) is 2.32. The number of ether oxygens (including phenoxy) is 1. The molecule has 0 radical (unpaired) electrons. The van der Waals surface area contributed by atoms with Crippen LogP contribution >= 0.6 is 15.9 Å². The van der Waals surface area contributed by atoms with Gasteiger partial charge in [0.15, 0.2) is 0 Å². The number of nitrogens with two attached hydrogens (primary N) is 1. The molecule has 0 saturated carbocycles. The lowest BCUT2D eigenvalue weighted by molar-refractivity contribution is -0.115. The fourth-order valence-electron chi connectivity index (χ4n) is 1.88. The van der Waals surface area contributed by atoms with Gasteiger partial charge in [-0.25, -0.2) is 0 Å². The smallest absolute Gasteiger partial charge is 0.228 e. The molecule has 2 aromatic carbocycles. The maximum Gasteiger partial charge on any atom is 0.228 e. The third-order valence-corrected chi connectivity index (χ3v) is 3.25. The largest absolute Gasteiger partial charge is 0.492 e. The SMILES string of the molecule is NCCOc1cccc(NC(=O)Cc2cccc(Br)c2)c1. The molecule has 110 valence electrons. The molecule has 0 spiro atoms. The van der Waals surface area contributed by atoms with E-state index < -0.39 is 0 Å². The second-order valence-electron chi connectivity index (χ2n) is 4.52. The zero-order chi connectivity index (χ0) is 15.1. The number of hydrogen-bond acceptors (Lipinski definition) is 3. The molecule has 0 atom stereocenters. The highest BCUT2D eigenvalue weighted by Crippen LogP contribution is 2.18. The molecule has 0 fully saturated rings. The molecule has 0 aliphatic carbocycles. The Balaban J connectivity index is 1.96. The van der Waals surface area contributed by atoms with Gasteiger partial charge >= 0.3 is 0 Å². The lowest BCUT2D eigenvalue weighted by Gasteiger charge is -2.08. The first-order valence-corrected chi connectivity index (χ1v) is 7.44. The van der Waals surface area contributed by atoms with Crippen LogP contribution in [0.5, 0.6) is 5.75 Å². The number of carbonyl (C=O) groups excluding carboxylic acids is 1. The first kappa shape index (κ1) is 15.5. The molecular weight excluding hydrogens is 332 g/mol. The highest BCUT2D eigenvalue weighted by Gasteiger charge is 2.05. The van der Waals surface area contributed by atoms with Gasteiger partial charge in [-0.3, -0.25) is 4.79 Å². The van der Waals surface area contributed by atoms with Gasteiger partial charge in [0.05, 0.1) is 6.42 Å². The second-order valence-corrected chi connectivity index (χ2v) is 5.44. The Hall–Kier alpha value is -1.85. The molecule has 2 aromatic rings.